The first-order valence-electron chi connectivity index (χ1n) is 10.2. The van der Waals surface area contributed by atoms with Crippen LogP contribution in [-0.2, 0) is 4.79 Å². The molecule has 1 amide bonds. The molecule has 2 aromatic carbocycles. The number of aryl methyl sites for hydroxylation is 2. The van der Waals surface area contributed by atoms with E-state index >= 15 is 0 Å². The molecule has 4 rings (SSSR count). The third-order valence-electron chi connectivity index (χ3n) is 6.17. The number of rotatable bonds is 4. The molecule has 1 saturated heterocycles. The lowest BCUT2D eigenvalue weighted by Crippen LogP contribution is -2.45. The Morgan fingerprint density at radius 2 is 1.89 bits per heavy atom. The van der Waals surface area contributed by atoms with Crippen molar-refractivity contribution in [2.75, 3.05) is 18.4 Å². The molecule has 28 heavy (non-hydrogen) atoms. The molecule has 0 radical (unpaired) electrons. The second-order valence-electron chi connectivity index (χ2n) is 8.08. The van der Waals surface area contributed by atoms with Crippen LogP contribution in [0.1, 0.15) is 42.4 Å². The Labute approximate surface area is 166 Å². The lowest BCUT2D eigenvalue weighted by atomic mass is 9.88. The summed E-state index contributed by atoms with van der Waals surface area (Å²) in [5.74, 6) is 0.640. The number of anilines is 1. The minimum Gasteiger partial charge on any atom is -0.361 e. The van der Waals surface area contributed by atoms with Crippen molar-refractivity contribution in [3.05, 3.63) is 65.4 Å². The van der Waals surface area contributed by atoms with Crippen LogP contribution >= 0.6 is 0 Å². The molecule has 1 fully saturated rings. The Morgan fingerprint density at radius 3 is 2.68 bits per heavy atom. The normalized spacial score (nSPS) is 17.0. The molecule has 2 heterocycles. The van der Waals surface area contributed by atoms with Gasteiger partial charge in [-0.1, -0.05) is 30.3 Å². The van der Waals surface area contributed by atoms with Gasteiger partial charge >= 0.3 is 0 Å². The lowest BCUT2D eigenvalue weighted by molar-refractivity contribution is -0.121. The number of aromatic nitrogens is 1. The summed E-state index contributed by atoms with van der Waals surface area (Å²) in [5, 5.41) is 4.46. The Hall–Kier alpha value is -2.59. The van der Waals surface area contributed by atoms with E-state index in [4.69, 9.17) is 0 Å². The van der Waals surface area contributed by atoms with Crippen LogP contribution in [0.2, 0.25) is 0 Å². The van der Waals surface area contributed by atoms with Crippen molar-refractivity contribution >= 4 is 22.5 Å². The van der Waals surface area contributed by atoms with Crippen molar-refractivity contribution in [3.63, 3.8) is 0 Å². The highest BCUT2D eigenvalue weighted by molar-refractivity contribution is 5.95. The summed E-state index contributed by atoms with van der Waals surface area (Å²) >= 11 is 0. The highest BCUT2D eigenvalue weighted by Crippen LogP contribution is 2.33. The molecular formula is C24H29N3O. The summed E-state index contributed by atoms with van der Waals surface area (Å²) in [6, 6.07) is 14.6. The van der Waals surface area contributed by atoms with Crippen LogP contribution in [0.15, 0.2) is 48.7 Å². The Morgan fingerprint density at radius 1 is 1.14 bits per heavy atom. The van der Waals surface area contributed by atoms with Gasteiger partial charge in [-0.25, -0.2) is 0 Å². The first kappa shape index (κ1) is 18.8. The molecule has 0 saturated carbocycles. The zero-order valence-electron chi connectivity index (χ0n) is 17.0. The van der Waals surface area contributed by atoms with Crippen LogP contribution in [0, 0.1) is 13.8 Å². The number of carbonyl (C=O) groups is 1. The molecule has 0 unspecified atom stereocenters. The van der Waals surface area contributed by atoms with Gasteiger partial charge in [-0.2, -0.15) is 0 Å². The molecule has 3 aromatic rings. The molecule has 2 N–H and O–H groups in total. The molecule has 1 aromatic heterocycles. The van der Waals surface area contributed by atoms with Gasteiger partial charge in [0.05, 0.1) is 6.04 Å². The van der Waals surface area contributed by atoms with E-state index in [1.54, 1.807) is 0 Å². The van der Waals surface area contributed by atoms with Crippen LogP contribution in [-0.4, -0.2) is 34.9 Å². The maximum Gasteiger partial charge on any atom is 0.241 e. The molecule has 0 bridgehead atoms. The van der Waals surface area contributed by atoms with Crippen molar-refractivity contribution in [2.24, 2.45) is 0 Å². The first-order chi connectivity index (χ1) is 13.5. The summed E-state index contributed by atoms with van der Waals surface area (Å²) in [7, 11) is 0. The van der Waals surface area contributed by atoms with Crippen molar-refractivity contribution in [2.45, 2.75) is 45.6 Å². The van der Waals surface area contributed by atoms with Gasteiger partial charge < -0.3 is 10.3 Å². The number of para-hydroxylation sites is 1. The summed E-state index contributed by atoms with van der Waals surface area (Å²) in [6.45, 7) is 8.00. The van der Waals surface area contributed by atoms with Crippen molar-refractivity contribution < 1.29 is 4.79 Å². The van der Waals surface area contributed by atoms with Gasteiger partial charge in [-0.05, 0) is 81.4 Å². The fourth-order valence-electron chi connectivity index (χ4n) is 4.30. The van der Waals surface area contributed by atoms with Gasteiger partial charge in [0.25, 0.3) is 0 Å². The van der Waals surface area contributed by atoms with E-state index < -0.39 is 0 Å². The maximum atomic E-state index is 12.8. The Bertz CT molecular complexity index is 982. The quantitative estimate of drug-likeness (QED) is 0.675. The minimum atomic E-state index is -0.121. The summed E-state index contributed by atoms with van der Waals surface area (Å²) in [5.41, 5.74) is 5.81. The van der Waals surface area contributed by atoms with Gasteiger partial charge in [0.1, 0.15) is 0 Å². The fraction of sp³-hybridized carbons (Fsp3) is 0.375. The lowest BCUT2D eigenvalue weighted by Gasteiger charge is -2.35. The number of fused-ring (bicyclic) bond motifs is 1. The number of H-pyrrole nitrogens is 1. The monoisotopic (exact) mass is 375 g/mol. The molecule has 1 aliphatic heterocycles. The minimum absolute atomic E-state index is 0.0826. The topological polar surface area (TPSA) is 48.1 Å². The predicted octanol–water partition coefficient (Wildman–Crippen LogP) is 4.99. The van der Waals surface area contributed by atoms with Gasteiger partial charge in [-0.15, -0.1) is 0 Å². The highest BCUT2D eigenvalue weighted by atomic mass is 16.2. The van der Waals surface area contributed by atoms with Crippen LogP contribution < -0.4 is 5.32 Å². The number of piperidine rings is 1. The third-order valence-corrected chi connectivity index (χ3v) is 6.17. The third kappa shape index (κ3) is 3.69. The smallest absolute Gasteiger partial charge is 0.241 e. The molecule has 4 heteroatoms. The molecule has 4 nitrogen and oxygen atoms in total. The summed E-state index contributed by atoms with van der Waals surface area (Å²) in [6.07, 6.45) is 4.34. The molecule has 0 aliphatic carbocycles. The number of carbonyl (C=O) groups excluding carboxylic acids is 1. The van der Waals surface area contributed by atoms with Gasteiger partial charge in [0.15, 0.2) is 0 Å². The van der Waals surface area contributed by atoms with Gasteiger partial charge in [0, 0.05) is 22.8 Å². The number of benzene rings is 2. The number of nitrogens with one attached hydrogen (secondary N) is 2. The number of likely N-dealkylation sites (tertiary alicyclic amines) is 1. The first-order valence-corrected chi connectivity index (χ1v) is 10.2. The standard InChI is InChI=1S/C24H29N3O/c1-16-8-9-17(2)23(14-16)26-24(28)18(3)27-12-10-19(11-13-27)21-15-25-22-7-5-4-6-20(21)22/h4-9,14-15,18-19,25H,10-13H2,1-3H3,(H,26,28)/t18-/m0/s1. The Balaban J connectivity index is 1.39. The molecule has 0 spiro atoms. The maximum absolute atomic E-state index is 12.8. The Kier molecular flexibility index (Phi) is 5.23. The SMILES string of the molecule is Cc1ccc(C)c(NC(=O)[C@H](C)N2CCC(c3c[nH]c4ccccc34)CC2)c1. The number of hydrogen-bond donors (Lipinski definition) is 2. The van der Waals surface area contributed by atoms with Crippen LogP contribution in [0.3, 0.4) is 0 Å². The fourth-order valence-corrected chi connectivity index (χ4v) is 4.30. The highest BCUT2D eigenvalue weighted by Gasteiger charge is 2.28. The van der Waals surface area contributed by atoms with E-state index in [2.05, 4.69) is 57.8 Å². The van der Waals surface area contributed by atoms with Crippen LogP contribution in [0.5, 0.6) is 0 Å². The van der Waals surface area contributed by atoms with E-state index in [0.29, 0.717) is 5.92 Å². The zero-order valence-corrected chi connectivity index (χ0v) is 17.0. The molecule has 1 aliphatic rings. The van der Waals surface area contributed by atoms with E-state index in [1.165, 1.54) is 16.5 Å². The average Bonchev–Trinajstić information content (AvgIpc) is 3.14. The van der Waals surface area contributed by atoms with Gasteiger partial charge in [0.2, 0.25) is 5.91 Å². The number of amides is 1. The molecule has 1 atom stereocenters. The van der Waals surface area contributed by atoms with Crippen LogP contribution in [0.4, 0.5) is 5.69 Å². The van der Waals surface area contributed by atoms with Crippen molar-refractivity contribution in [1.82, 2.24) is 9.88 Å². The largest absolute Gasteiger partial charge is 0.361 e. The number of aromatic amines is 1. The second kappa shape index (κ2) is 7.80. The second-order valence-corrected chi connectivity index (χ2v) is 8.08. The average molecular weight is 376 g/mol. The number of nitrogens with zero attached hydrogens (tertiary/aromatic N) is 1. The van der Waals surface area contributed by atoms with E-state index in [9.17, 15) is 4.79 Å². The molecular weight excluding hydrogens is 346 g/mol. The van der Waals surface area contributed by atoms with Gasteiger partial charge in [-0.3, -0.25) is 9.69 Å². The van der Waals surface area contributed by atoms with E-state index in [0.717, 1.165) is 42.7 Å². The van der Waals surface area contributed by atoms with Crippen molar-refractivity contribution in [1.29, 1.82) is 0 Å². The van der Waals surface area contributed by atoms with E-state index in [1.807, 2.05) is 26.8 Å². The van der Waals surface area contributed by atoms with E-state index in [-0.39, 0.29) is 11.9 Å². The molecule has 146 valence electrons. The summed E-state index contributed by atoms with van der Waals surface area (Å²) in [4.78, 5) is 18.5. The number of hydrogen-bond acceptors (Lipinski definition) is 2. The van der Waals surface area contributed by atoms with Crippen molar-refractivity contribution in [3.8, 4) is 0 Å². The van der Waals surface area contributed by atoms with Crippen LogP contribution in [0.25, 0.3) is 10.9 Å². The summed E-state index contributed by atoms with van der Waals surface area (Å²) < 4.78 is 0. The predicted molar refractivity (Wildman–Crippen MR) is 116 cm³/mol. The zero-order chi connectivity index (χ0) is 19.7.